The number of anilines is 1. The highest BCUT2D eigenvalue weighted by atomic mass is 16.5. The summed E-state index contributed by atoms with van der Waals surface area (Å²) in [7, 11) is 0. The van der Waals surface area contributed by atoms with Crippen LogP contribution in [0, 0.1) is 0 Å². The van der Waals surface area contributed by atoms with E-state index >= 15 is 0 Å². The minimum atomic E-state index is -0.350. The average molecular weight is 340 g/mol. The number of hydrogen-bond acceptors (Lipinski definition) is 4. The average Bonchev–Trinajstić information content (AvgIpc) is 3.37. The van der Waals surface area contributed by atoms with Crippen LogP contribution in [0.25, 0.3) is 0 Å². The first-order valence-electron chi connectivity index (χ1n) is 8.96. The molecule has 6 heteroatoms. The predicted molar refractivity (Wildman–Crippen MR) is 95.5 cm³/mol. The zero-order valence-corrected chi connectivity index (χ0v) is 14.4. The second kappa shape index (κ2) is 6.98. The van der Waals surface area contributed by atoms with E-state index in [0.717, 1.165) is 63.5 Å². The Morgan fingerprint density at radius 1 is 1.16 bits per heavy atom. The van der Waals surface area contributed by atoms with E-state index in [1.54, 1.807) is 6.20 Å². The third kappa shape index (κ3) is 3.60. The van der Waals surface area contributed by atoms with Crippen LogP contribution in [0.15, 0.2) is 42.7 Å². The minimum absolute atomic E-state index is 0.0754. The fourth-order valence-corrected chi connectivity index (χ4v) is 3.40. The molecule has 1 aliphatic heterocycles. The van der Waals surface area contributed by atoms with Gasteiger partial charge in [0.2, 0.25) is 5.91 Å². The fourth-order valence-electron chi connectivity index (χ4n) is 3.40. The van der Waals surface area contributed by atoms with Crippen LogP contribution in [-0.2, 0) is 21.5 Å². The quantitative estimate of drug-likeness (QED) is 0.872. The van der Waals surface area contributed by atoms with Crippen molar-refractivity contribution < 1.29 is 9.53 Å². The van der Waals surface area contributed by atoms with Gasteiger partial charge in [-0.25, -0.2) is 0 Å². The lowest BCUT2D eigenvalue weighted by Gasteiger charge is -2.26. The van der Waals surface area contributed by atoms with E-state index in [1.165, 1.54) is 0 Å². The molecule has 2 heterocycles. The molecule has 1 aliphatic carbocycles. The maximum absolute atomic E-state index is 12.7. The highest BCUT2D eigenvalue weighted by Crippen LogP contribution is 2.48. The Bertz CT molecular complexity index is 718. The summed E-state index contributed by atoms with van der Waals surface area (Å²) in [6.07, 6.45) is 5.47. The van der Waals surface area contributed by atoms with Gasteiger partial charge in [-0.3, -0.25) is 14.4 Å². The van der Waals surface area contributed by atoms with Gasteiger partial charge >= 0.3 is 0 Å². The van der Waals surface area contributed by atoms with Crippen LogP contribution in [0.1, 0.15) is 18.4 Å². The van der Waals surface area contributed by atoms with Crippen LogP contribution in [-0.4, -0.2) is 53.4 Å². The third-order valence-corrected chi connectivity index (χ3v) is 5.15. The van der Waals surface area contributed by atoms with Gasteiger partial charge in [-0.1, -0.05) is 30.3 Å². The second-order valence-electron chi connectivity index (χ2n) is 6.85. The molecule has 1 saturated carbocycles. The molecule has 1 saturated heterocycles. The van der Waals surface area contributed by atoms with Crippen molar-refractivity contribution in [1.82, 2.24) is 14.7 Å². The summed E-state index contributed by atoms with van der Waals surface area (Å²) in [5, 5.41) is 7.42. The van der Waals surface area contributed by atoms with E-state index in [4.69, 9.17) is 4.74 Å². The first kappa shape index (κ1) is 16.3. The number of morpholine rings is 1. The molecule has 1 aromatic carbocycles. The highest BCUT2D eigenvalue weighted by molar-refractivity contribution is 6.01. The maximum atomic E-state index is 12.7. The van der Waals surface area contributed by atoms with Gasteiger partial charge in [-0.05, 0) is 18.4 Å². The normalized spacial score (nSPS) is 19.5. The van der Waals surface area contributed by atoms with E-state index in [2.05, 4.69) is 15.3 Å². The monoisotopic (exact) mass is 340 g/mol. The summed E-state index contributed by atoms with van der Waals surface area (Å²) in [4.78, 5) is 15.1. The molecule has 6 nitrogen and oxygen atoms in total. The highest BCUT2D eigenvalue weighted by Gasteiger charge is 2.51. The molecule has 2 fully saturated rings. The molecule has 0 spiro atoms. The number of benzene rings is 1. The number of carbonyl (C=O) groups excluding carboxylic acids is 1. The molecule has 2 aliphatic rings. The van der Waals surface area contributed by atoms with Crippen molar-refractivity contribution >= 4 is 11.6 Å². The van der Waals surface area contributed by atoms with Crippen molar-refractivity contribution in [2.45, 2.75) is 24.8 Å². The summed E-state index contributed by atoms with van der Waals surface area (Å²) in [6.45, 7) is 5.34. The lowest BCUT2D eigenvalue weighted by atomic mass is 9.95. The molecule has 0 unspecified atom stereocenters. The standard InChI is InChI=1S/C19H24N4O2/c24-18(19(6-7-19)16-4-2-1-3-5-16)21-17-14-20-23(15-17)9-8-22-10-12-25-13-11-22/h1-5,14-15H,6-13H2,(H,21,24). The van der Waals surface area contributed by atoms with Gasteiger partial charge in [0.25, 0.3) is 0 Å². The number of aromatic nitrogens is 2. The Morgan fingerprint density at radius 3 is 2.64 bits per heavy atom. The molecular weight excluding hydrogens is 316 g/mol. The summed E-state index contributed by atoms with van der Waals surface area (Å²) in [6, 6.07) is 10.0. The van der Waals surface area contributed by atoms with Gasteiger partial charge in [-0.2, -0.15) is 5.10 Å². The van der Waals surface area contributed by atoms with E-state index in [0.29, 0.717) is 0 Å². The van der Waals surface area contributed by atoms with Crippen LogP contribution in [0.5, 0.6) is 0 Å². The van der Waals surface area contributed by atoms with Crippen LogP contribution in [0.4, 0.5) is 5.69 Å². The van der Waals surface area contributed by atoms with Gasteiger partial charge in [0.05, 0.1) is 37.1 Å². The number of carbonyl (C=O) groups is 1. The number of nitrogens with one attached hydrogen (secondary N) is 1. The topological polar surface area (TPSA) is 59.4 Å². The number of hydrogen-bond donors (Lipinski definition) is 1. The summed E-state index contributed by atoms with van der Waals surface area (Å²) in [5.74, 6) is 0.0754. The lowest BCUT2D eigenvalue weighted by molar-refractivity contribution is -0.118. The Morgan fingerprint density at radius 2 is 1.92 bits per heavy atom. The molecule has 132 valence electrons. The molecule has 1 N–H and O–H groups in total. The minimum Gasteiger partial charge on any atom is -0.379 e. The van der Waals surface area contributed by atoms with Gasteiger partial charge in [0, 0.05) is 25.8 Å². The SMILES string of the molecule is O=C(Nc1cnn(CCN2CCOCC2)c1)C1(c2ccccc2)CC1. The largest absolute Gasteiger partial charge is 0.379 e. The van der Waals surface area contributed by atoms with Crippen molar-refractivity contribution in [2.75, 3.05) is 38.2 Å². The molecular formula is C19H24N4O2. The Hall–Kier alpha value is -2.18. The van der Waals surface area contributed by atoms with E-state index in [-0.39, 0.29) is 11.3 Å². The predicted octanol–water partition coefficient (Wildman–Crippen LogP) is 1.89. The van der Waals surface area contributed by atoms with E-state index in [1.807, 2.05) is 41.2 Å². The van der Waals surface area contributed by atoms with Crippen molar-refractivity contribution in [2.24, 2.45) is 0 Å². The van der Waals surface area contributed by atoms with Crippen LogP contribution < -0.4 is 5.32 Å². The molecule has 0 bridgehead atoms. The van der Waals surface area contributed by atoms with Crippen LogP contribution in [0.3, 0.4) is 0 Å². The molecule has 0 radical (unpaired) electrons. The summed E-state index contributed by atoms with van der Waals surface area (Å²) in [5.41, 5.74) is 1.53. The zero-order valence-electron chi connectivity index (χ0n) is 14.4. The molecule has 4 rings (SSSR count). The molecule has 0 atom stereocenters. The summed E-state index contributed by atoms with van der Waals surface area (Å²) < 4.78 is 7.26. The number of rotatable bonds is 6. The lowest BCUT2D eigenvalue weighted by Crippen LogP contribution is -2.38. The zero-order chi connectivity index (χ0) is 17.1. The maximum Gasteiger partial charge on any atom is 0.235 e. The number of amides is 1. The van der Waals surface area contributed by atoms with Gasteiger partial charge in [0.1, 0.15) is 0 Å². The van der Waals surface area contributed by atoms with Gasteiger partial charge in [0.15, 0.2) is 0 Å². The Labute approximate surface area is 147 Å². The fraction of sp³-hybridized carbons (Fsp3) is 0.474. The Kier molecular flexibility index (Phi) is 4.55. The molecule has 1 amide bonds. The van der Waals surface area contributed by atoms with Crippen molar-refractivity contribution in [3.8, 4) is 0 Å². The van der Waals surface area contributed by atoms with E-state index < -0.39 is 0 Å². The van der Waals surface area contributed by atoms with Crippen molar-refractivity contribution in [3.05, 3.63) is 48.3 Å². The first-order valence-corrected chi connectivity index (χ1v) is 8.96. The summed E-state index contributed by atoms with van der Waals surface area (Å²) >= 11 is 0. The van der Waals surface area contributed by atoms with Crippen molar-refractivity contribution in [3.63, 3.8) is 0 Å². The van der Waals surface area contributed by atoms with E-state index in [9.17, 15) is 4.79 Å². The van der Waals surface area contributed by atoms with Gasteiger partial charge < -0.3 is 10.1 Å². The Balaban J connectivity index is 1.34. The smallest absolute Gasteiger partial charge is 0.235 e. The van der Waals surface area contributed by atoms with Crippen molar-refractivity contribution in [1.29, 1.82) is 0 Å². The van der Waals surface area contributed by atoms with Gasteiger partial charge in [-0.15, -0.1) is 0 Å². The number of nitrogens with zero attached hydrogens (tertiary/aromatic N) is 3. The molecule has 2 aromatic rings. The number of ether oxygens (including phenoxy) is 1. The van der Waals surface area contributed by atoms with Crippen LogP contribution in [0.2, 0.25) is 0 Å². The third-order valence-electron chi connectivity index (χ3n) is 5.15. The first-order chi connectivity index (χ1) is 12.3. The molecule has 25 heavy (non-hydrogen) atoms. The molecule has 1 aromatic heterocycles. The second-order valence-corrected chi connectivity index (χ2v) is 6.85. The van der Waals surface area contributed by atoms with Crippen LogP contribution >= 0.6 is 0 Å².